The third-order valence-corrected chi connectivity index (χ3v) is 8.94. The maximum Gasteiger partial charge on any atom is 0.472 e. The lowest BCUT2D eigenvalue weighted by Crippen LogP contribution is -2.37. The van der Waals surface area contributed by atoms with Crippen LogP contribution in [0.1, 0.15) is 155 Å². The number of quaternary nitrogens is 1. The third kappa shape index (κ3) is 34.4. The molecule has 282 valence electrons. The number of rotatable bonds is 34. The van der Waals surface area contributed by atoms with E-state index in [1.165, 1.54) is 51.4 Å². The number of hydrogen-bond donors (Lipinski definition) is 1. The number of unbranched alkanes of at least 4 members (excludes halogenated alkanes) is 16. The number of phosphoric ester groups is 1. The van der Waals surface area contributed by atoms with E-state index in [1.807, 2.05) is 21.1 Å². The van der Waals surface area contributed by atoms with Gasteiger partial charge in [-0.15, -0.1) is 0 Å². The van der Waals surface area contributed by atoms with Crippen molar-refractivity contribution in [2.75, 3.05) is 47.5 Å². The first-order chi connectivity index (χ1) is 23.0. The highest BCUT2D eigenvalue weighted by Gasteiger charge is 2.27. The van der Waals surface area contributed by atoms with Gasteiger partial charge in [-0.2, -0.15) is 0 Å². The first kappa shape index (κ1) is 46.5. The highest BCUT2D eigenvalue weighted by Crippen LogP contribution is 2.43. The van der Waals surface area contributed by atoms with Crippen LogP contribution in [-0.2, 0) is 32.7 Å². The Morgan fingerprint density at radius 2 is 1.08 bits per heavy atom. The monoisotopic (exact) mass is 703 g/mol. The SMILES string of the molecule is CCCC/C=C/CCCCCCCC(=O)O[C@H](COC(=O)CCCCC/C=C/CCCCCCCC)COP(=O)(O)OCC[N+](C)(C)C. The number of hydrogen-bond acceptors (Lipinski definition) is 7. The molecule has 2 atom stereocenters. The van der Waals surface area contributed by atoms with Crippen molar-refractivity contribution in [1.82, 2.24) is 0 Å². The van der Waals surface area contributed by atoms with E-state index >= 15 is 0 Å². The number of ether oxygens (including phenoxy) is 2. The van der Waals surface area contributed by atoms with Crippen molar-refractivity contribution in [1.29, 1.82) is 0 Å². The van der Waals surface area contributed by atoms with Crippen LogP contribution >= 0.6 is 7.82 Å². The molecule has 1 unspecified atom stereocenters. The summed E-state index contributed by atoms with van der Waals surface area (Å²) in [6.07, 6.45) is 30.8. The molecule has 0 saturated heterocycles. The van der Waals surface area contributed by atoms with Gasteiger partial charge in [-0.1, -0.05) is 109 Å². The van der Waals surface area contributed by atoms with E-state index in [4.69, 9.17) is 18.5 Å². The van der Waals surface area contributed by atoms with E-state index in [0.717, 1.165) is 64.2 Å². The van der Waals surface area contributed by atoms with Crippen LogP contribution in [0.15, 0.2) is 24.3 Å². The summed E-state index contributed by atoms with van der Waals surface area (Å²) in [6.45, 7) is 4.33. The van der Waals surface area contributed by atoms with Crippen molar-refractivity contribution >= 4 is 19.8 Å². The van der Waals surface area contributed by atoms with Crippen LogP contribution in [0.3, 0.4) is 0 Å². The number of esters is 2. The molecule has 0 radical (unpaired) electrons. The predicted octanol–water partition coefficient (Wildman–Crippen LogP) is 10.0. The summed E-state index contributed by atoms with van der Waals surface area (Å²) < 4.78 is 34.1. The van der Waals surface area contributed by atoms with E-state index in [2.05, 4.69) is 38.2 Å². The molecule has 0 aliphatic carbocycles. The quantitative estimate of drug-likeness (QED) is 0.0232. The molecule has 0 amide bonds. The van der Waals surface area contributed by atoms with Crippen LogP contribution in [0.2, 0.25) is 0 Å². The Morgan fingerprint density at radius 1 is 0.625 bits per heavy atom. The summed E-state index contributed by atoms with van der Waals surface area (Å²) in [5.74, 6) is -0.831. The molecule has 0 heterocycles. The van der Waals surface area contributed by atoms with Crippen LogP contribution in [0.5, 0.6) is 0 Å². The lowest BCUT2D eigenvalue weighted by Gasteiger charge is -2.24. The molecular weight excluding hydrogens is 629 g/mol. The number of carbonyl (C=O) groups excluding carboxylic acids is 2. The zero-order valence-electron chi connectivity index (χ0n) is 31.5. The van der Waals surface area contributed by atoms with Gasteiger partial charge in [-0.05, 0) is 57.8 Å². The Morgan fingerprint density at radius 3 is 1.62 bits per heavy atom. The first-order valence-electron chi connectivity index (χ1n) is 19.1. The standard InChI is InChI=1S/C38H72NO8P/c1-6-8-10-12-14-16-18-19-21-22-24-26-28-30-37(40)44-34-36(35-46-48(42,43)45-33-32-39(3,4)5)47-38(41)31-29-27-25-23-20-17-15-13-11-9-7-2/h13,15,19,21,36H,6-12,14,16-18,20,22-35H2,1-5H3/p+1/b15-13+,21-19+/t36-/m1/s1. The van der Waals surface area contributed by atoms with E-state index < -0.39 is 26.5 Å². The largest absolute Gasteiger partial charge is 0.472 e. The minimum absolute atomic E-state index is 0.0286. The van der Waals surface area contributed by atoms with Gasteiger partial charge in [0.1, 0.15) is 19.8 Å². The number of carbonyl (C=O) groups is 2. The second-order valence-corrected chi connectivity index (χ2v) is 15.4. The predicted molar refractivity (Wildman–Crippen MR) is 197 cm³/mol. The summed E-state index contributed by atoms with van der Waals surface area (Å²) in [6, 6.07) is 0. The Bertz CT molecular complexity index is 886. The number of phosphoric acid groups is 1. The van der Waals surface area contributed by atoms with Crippen LogP contribution in [0, 0.1) is 0 Å². The van der Waals surface area contributed by atoms with Gasteiger partial charge >= 0.3 is 19.8 Å². The summed E-state index contributed by atoms with van der Waals surface area (Å²) >= 11 is 0. The molecule has 1 N–H and O–H groups in total. The molecule has 0 fully saturated rings. The fourth-order valence-electron chi connectivity index (χ4n) is 4.87. The maximum atomic E-state index is 12.6. The van der Waals surface area contributed by atoms with Crippen molar-refractivity contribution in [2.24, 2.45) is 0 Å². The normalized spacial score (nSPS) is 14.0. The Labute approximate surface area is 294 Å². The molecule has 9 nitrogen and oxygen atoms in total. The van der Waals surface area contributed by atoms with E-state index in [-0.39, 0.29) is 32.0 Å². The average Bonchev–Trinajstić information content (AvgIpc) is 3.02. The highest BCUT2D eigenvalue weighted by atomic mass is 31.2. The zero-order chi connectivity index (χ0) is 35.8. The molecule has 0 bridgehead atoms. The number of likely N-dealkylation sites (N-methyl/N-ethyl adjacent to an activating group) is 1. The minimum Gasteiger partial charge on any atom is -0.462 e. The Hall–Kier alpha value is -1.51. The fraction of sp³-hybridized carbons (Fsp3) is 0.842. The molecule has 0 aliphatic rings. The molecule has 0 rings (SSSR count). The summed E-state index contributed by atoms with van der Waals surface area (Å²) in [7, 11) is 1.46. The van der Waals surface area contributed by atoms with Gasteiger partial charge in [0.2, 0.25) is 0 Å². The molecule has 48 heavy (non-hydrogen) atoms. The topological polar surface area (TPSA) is 108 Å². The highest BCUT2D eigenvalue weighted by molar-refractivity contribution is 7.47. The van der Waals surface area contributed by atoms with Gasteiger partial charge in [0.05, 0.1) is 27.7 Å². The molecule has 0 aromatic heterocycles. The Kier molecular flexibility index (Phi) is 30.5. The third-order valence-electron chi connectivity index (χ3n) is 7.95. The lowest BCUT2D eigenvalue weighted by molar-refractivity contribution is -0.870. The second-order valence-electron chi connectivity index (χ2n) is 14.0. The van der Waals surface area contributed by atoms with Gasteiger partial charge < -0.3 is 18.9 Å². The molecule has 0 aliphatic heterocycles. The average molecular weight is 703 g/mol. The number of allylic oxidation sites excluding steroid dienone is 4. The van der Waals surface area contributed by atoms with Crippen LogP contribution < -0.4 is 0 Å². The fourth-order valence-corrected chi connectivity index (χ4v) is 5.61. The first-order valence-corrected chi connectivity index (χ1v) is 20.6. The summed E-state index contributed by atoms with van der Waals surface area (Å²) in [5, 5.41) is 0. The van der Waals surface area contributed by atoms with E-state index in [9.17, 15) is 19.0 Å². The lowest BCUT2D eigenvalue weighted by atomic mass is 10.1. The van der Waals surface area contributed by atoms with Crippen molar-refractivity contribution in [3.05, 3.63) is 24.3 Å². The molecule has 0 aromatic rings. The molecule has 10 heteroatoms. The minimum atomic E-state index is -4.37. The summed E-state index contributed by atoms with van der Waals surface area (Å²) in [5.41, 5.74) is 0. The van der Waals surface area contributed by atoms with Gasteiger partial charge in [-0.3, -0.25) is 18.6 Å². The molecular formula is C38H73NO8P+. The van der Waals surface area contributed by atoms with Crippen molar-refractivity contribution in [3.63, 3.8) is 0 Å². The second kappa shape index (κ2) is 31.5. The summed E-state index contributed by atoms with van der Waals surface area (Å²) in [4.78, 5) is 35.1. The molecule has 0 saturated carbocycles. The van der Waals surface area contributed by atoms with Gasteiger partial charge in [-0.25, -0.2) is 4.57 Å². The number of nitrogens with zero attached hydrogens (tertiary/aromatic N) is 1. The van der Waals surface area contributed by atoms with Gasteiger partial charge in [0.25, 0.3) is 0 Å². The smallest absolute Gasteiger partial charge is 0.462 e. The van der Waals surface area contributed by atoms with Crippen LogP contribution in [0.4, 0.5) is 0 Å². The Balaban J connectivity index is 4.48. The molecule has 0 aromatic carbocycles. The maximum absolute atomic E-state index is 12.6. The van der Waals surface area contributed by atoms with Crippen LogP contribution in [-0.4, -0.2) is 74.9 Å². The van der Waals surface area contributed by atoms with E-state index in [1.54, 1.807) is 0 Å². The molecule has 0 spiro atoms. The van der Waals surface area contributed by atoms with Crippen LogP contribution in [0.25, 0.3) is 0 Å². The van der Waals surface area contributed by atoms with Crippen molar-refractivity contribution in [3.8, 4) is 0 Å². The van der Waals surface area contributed by atoms with Gasteiger partial charge in [0, 0.05) is 12.8 Å². The van der Waals surface area contributed by atoms with Gasteiger partial charge in [0.15, 0.2) is 6.10 Å². The van der Waals surface area contributed by atoms with E-state index in [0.29, 0.717) is 23.9 Å². The van der Waals surface area contributed by atoms with Crippen molar-refractivity contribution in [2.45, 2.75) is 161 Å². The zero-order valence-corrected chi connectivity index (χ0v) is 32.4. The van der Waals surface area contributed by atoms with Crippen molar-refractivity contribution < 1.29 is 42.1 Å².